The predicted octanol–water partition coefficient (Wildman–Crippen LogP) is 5.08. The number of halogens is 1. The van der Waals surface area contributed by atoms with Gasteiger partial charge < -0.3 is 5.32 Å². The van der Waals surface area contributed by atoms with Crippen LogP contribution in [0.1, 0.15) is 49.3 Å². The van der Waals surface area contributed by atoms with Gasteiger partial charge in [0.2, 0.25) is 0 Å². The molecule has 0 aromatic carbocycles. The van der Waals surface area contributed by atoms with Crippen molar-refractivity contribution in [3.8, 4) is 0 Å². The Bertz CT molecular complexity index is 601. The monoisotopic (exact) mass is 353 g/mol. The van der Waals surface area contributed by atoms with Crippen molar-refractivity contribution in [2.24, 2.45) is 0 Å². The third-order valence-corrected chi connectivity index (χ3v) is 5.40. The lowest BCUT2D eigenvalue weighted by Crippen LogP contribution is -2.10. The average molecular weight is 354 g/mol. The SMILES string of the molecule is Cc1nc(C(C)(C)C)sc1C(C)Nc1cccnc1Br. The molecule has 0 bridgehead atoms. The largest absolute Gasteiger partial charge is 0.375 e. The molecule has 1 atom stereocenters. The number of rotatable bonds is 3. The zero-order chi connectivity index (χ0) is 14.9. The molecule has 0 spiro atoms. The lowest BCUT2D eigenvalue weighted by molar-refractivity contribution is 0.584. The molecular weight excluding hydrogens is 334 g/mol. The van der Waals surface area contributed by atoms with Gasteiger partial charge in [-0.05, 0) is 41.9 Å². The van der Waals surface area contributed by atoms with Gasteiger partial charge in [0, 0.05) is 16.5 Å². The molecule has 2 aromatic rings. The number of hydrogen-bond acceptors (Lipinski definition) is 4. The van der Waals surface area contributed by atoms with Crippen LogP contribution in [0.5, 0.6) is 0 Å². The van der Waals surface area contributed by atoms with Crippen molar-refractivity contribution < 1.29 is 0 Å². The van der Waals surface area contributed by atoms with Gasteiger partial charge in [-0.2, -0.15) is 0 Å². The van der Waals surface area contributed by atoms with E-state index in [4.69, 9.17) is 4.98 Å². The Kier molecular flexibility index (Phi) is 4.49. The summed E-state index contributed by atoms with van der Waals surface area (Å²) in [6.45, 7) is 10.8. The highest BCUT2D eigenvalue weighted by molar-refractivity contribution is 9.10. The summed E-state index contributed by atoms with van der Waals surface area (Å²) in [5, 5.41) is 4.68. The van der Waals surface area contributed by atoms with Gasteiger partial charge >= 0.3 is 0 Å². The van der Waals surface area contributed by atoms with Gasteiger partial charge in [0.1, 0.15) is 4.60 Å². The smallest absolute Gasteiger partial charge is 0.129 e. The third-order valence-electron chi connectivity index (χ3n) is 3.00. The van der Waals surface area contributed by atoms with Crippen LogP contribution in [0, 0.1) is 6.92 Å². The maximum absolute atomic E-state index is 4.72. The second kappa shape index (κ2) is 5.82. The Hall–Kier alpha value is -0.940. The van der Waals surface area contributed by atoms with Crippen LogP contribution in [0.15, 0.2) is 22.9 Å². The highest BCUT2D eigenvalue weighted by Gasteiger charge is 2.22. The summed E-state index contributed by atoms with van der Waals surface area (Å²) in [5.74, 6) is 0. The summed E-state index contributed by atoms with van der Waals surface area (Å²) < 4.78 is 0.838. The molecular formula is C15H20BrN3S. The number of hydrogen-bond donors (Lipinski definition) is 1. The van der Waals surface area contributed by atoms with Crippen LogP contribution in [0.4, 0.5) is 5.69 Å². The molecule has 20 heavy (non-hydrogen) atoms. The first kappa shape index (κ1) is 15.4. The van der Waals surface area contributed by atoms with Crippen molar-refractivity contribution in [1.82, 2.24) is 9.97 Å². The fraction of sp³-hybridized carbons (Fsp3) is 0.467. The lowest BCUT2D eigenvalue weighted by atomic mass is 9.98. The van der Waals surface area contributed by atoms with Gasteiger partial charge in [0.15, 0.2) is 0 Å². The molecule has 5 heteroatoms. The lowest BCUT2D eigenvalue weighted by Gasteiger charge is -2.16. The van der Waals surface area contributed by atoms with Crippen molar-refractivity contribution >= 4 is 33.0 Å². The Morgan fingerprint density at radius 2 is 2.05 bits per heavy atom. The Balaban J connectivity index is 2.24. The number of anilines is 1. The normalized spacial score (nSPS) is 13.3. The quantitative estimate of drug-likeness (QED) is 0.781. The van der Waals surface area contributed by atoms with E-state index in [1.165, 1.54) is 9.88 Å². The molecule has 0 aliphatic rings. The molecule has 1 unspecified atom stereocenters. The minimum absolute atomic E-state index is 0.0995. The molecule has 0 radical (unpaired) electrons. The van der Waals surface area contributed by atoms with Gasteiger partial charge in [-0.25, -0.2) is 9.97 Å². The highest BCUT2D eigenvalue weighted by atomic mass is 79.9. The van der Waals surface area contributed by atoms with E-state index in [1.54, 1.807) is 17.5 Å². The topological polar surface area (TPSA) is 37.8 Å². The molecule has 2 rings (SSSR count). The Morgan fingerprint density at radius 3 is 2.60 bits per heavy atom. The Labute approximate surface area is 133 Å². The van der Waals surface area contributed by atoms with Crippen molar-refractivity contribution in [1.29, 1.82) is 0 Å². The zero-order valence-electron chi connectivity index (χ0n) is 12.5. The fourth-order valence-electron chi connectivity index (χ4n) is 1.92. The molecule has 0 saturated heterocycles. The van der Waals surface area contributed by atoms with E-state index in [2.05, 4.69) is 60.8 Å². The van der Waals surface area contributed by atoms with Gasteiger partial charge in [-0.1, -0.05) is 20.8 Å². The molecule has 1 N–H and O–H groups in total. The van der Waals surface area contributed by atoms with E-state index < -0.39 is 0 Å². The number of nitrogens with zero attached hydrogens (tertiary/aromatic N) is 2. The first-order valence-corrected chi connectivity index (χ1v) is 8.25. The predicted molar refractivity (Wildman–Crippen MR) is 89.5 cm³/mol. The van der Waals surface area contributed by atoms with E-state index in [0.29, 0.717) is 0 Å². The molecule has 0 saturated carbocycles. The van der Waals surface area contributed by atoms with Crippen LogP contribution in [0.25, 0.3) is 0 Å². The molecule has 108 valence electrons. The molecule has 3 nitrogen and oxygen atoms in total. The van der Waals surface area contributed by atoms with E-state index in [1.807, 2.05) is 12.1 Å². The van der Waals surface area contributed by atoms with E-state index in [9.17, 15) is 0 Å². The number of thiazole rings is 1. The summed E-state index contributed by atoms with van der Waals surface area (Å²) in [6, 6.07) is 4.17. The van der Waals surface area contributed by atoms with E-state index in [-0.39, 0.29) is 11.5 Å². The first-order valence-electron chi connectivity index (χ1n) is 6.64. The van der Waals surface area contributed by atoms with Gasteiger partial charge in [-0.3, -0.25) is 0 Å². The molecule has 0 aliphatic carbocycles. The minimum atomic E-state index is 0.0995. The molecule has 2 aromatic heterocycles. The van der Waals surface area contributed by atoms with Crippen molar-refractivity contribution in [2.45, 2.75) is 46.1 Å². The second-order valence-corrected chi connectivity index (χ2v) is 7.71. The molecule has 2 heterocycles. The maximum atomic E-state index is 4.72. The van der Waals surface area contributed by atoms with Gasteiger partial charge in [0.05, 0.1) is 22.4 Å². The van der Waals surface area contributed by atoms with Crippen LogP contribution in [-0.2, 0) is 5.41 Å². The minimum Gasteiger partial charge on any atom is -0.375 e. The van der Waals surface area contributed by atoms with Crippen molar-refractivity contribution in [3.63, 3.8) is 0 Å². The standard InChI is InChI=1S/C15H20BrN3S/c1-9(18-11-7-6-8-17-13(11)16)12-10(2)19-14(20-12)15(3,4)5/h6-9,18H,1-5H3. The van der Waals surface area contributed by atoms with Gasteiger partial charge in [-0.15, -0.1) is 11.3 Å². The van der Waals surface area contributed by atoms with Crippen LogP contribution in [0.3, 0.4) is 0 Å². The fourth-order valence-corrected chi connectivity index (χ4v) is 3.41. The molecule has 0 aliphatic heterocycles. The number of aryl methyl sites for hydroxylation is 1. The summed E-state index contributed by atoms with van der Waals surface area (Å²) in [4.78, 5) is 10.2. The van der Waals surface area contributed by atoms with Crippen molar-refractivity contribution in [3.05, 3.63) is 38.5 Å². The van der Waals surface area contributed by atoms with Crippen LogP contribution in [0.2, 0.25) is 0 Å². The third kappa shape index (κ3) is 3.38. The molecule has 0 fully saturated rings. The van der Waals surface area contributed by atoms with Gasteiger partial charge in [0.25, 0.3) is 0 Å². The molecule has 0 amide bonds. The van der Waals surface area contributed by atoms with Crippen LogP contribution >= 0.6 is 27.3 Å². The highest BCUT2D eigenvalue weighted by Crippen LogP contribution is 2.34. The summed E-state index contributed by atoms with van der Waals surface area (Å²) in [5.41, 5.74) is 2.22. The van der Waals surface area contributed by atoms with Crippen LogP contribution < -0.4 is 5.32 Å². The van der Waals surface area contributed by atoms with Crippen molar-refractivity contribution in [2.75, 3.05) is 5.32 Å². The Morgan fingerprint density at radius 1 is 1.35 bits per heavy atom. The summed E-state index contributed by atoms with van der Waals surface area (Å²) >= 11 is 5.26. The second-order valence-electron chi connectivity index (χ2n) is 5.93. The van der Waals surface area contributed by atoms with Crippen LogP contribution in [-0.4, -0.2) is 9.97 Å². The average Bonchev–Trinajstić information content (AvgIpc) is 2.74. The van der Waals surface area contributed by atoms with E-state index in [0.717, 1.165) is 16.0 Å². The number of aromatic nitrogens is 2. The van der Waals surface area contributed by atoms with E-state index >= 15 is 0 Å². The number of nitrogens with one attached hydrogen (secondary N) is 1. The summed E-state index contributed by atoms with van der Waals surface area (Å²) in [7, 11) is 0. The summed E-state index contributed by atoms with van der Waals surface area (Å²) in [6.07, 6.45) is 1.77. The zero-order valence-corrected chi connectivity index (χ0v) is 14.9. The first-order chi connectivity index (χ1) is 9.29. The number of pyridine rings is 1. The maximum Gasteiger partial charge on any atom is 0.129 e.